The van der Waals surface area contributed by atoms with E-state index in [1.807, 2.05) is 13.8 Å². The summed E-state index contributed by atoms with van der Waals surface area (Å²) < 4.78 is 10.4. The monoisotopic (exact) mass is 226 g/mol. The van der Waals surface area contributed by atoms with Crippen molar-refractivity contribution in [1.82, 2.24) is 10.3 Å². The predicted molar refractivity (Wildman–Crippen MR) is 58.8 cm³/mol. The van der Waals surface area contributed by atoms with E-state index in [1.165, 1.54) is 0 Å². The second-order valence-electron chi connectivity index (χ2n) is 3.40. The summed E-state index contributed by atoms with van der Waals surface area (Å²) in [4.78, 5) is 15.3. The van der Waals surface area contributed by atoms with Gasteiger partial charge in [0.2, 0.25) is 11.8 Å². The fourth-order valence-electron chi connectivity index (χ4n) is 1.13. The fourth-order valence-corrected chi connectivity index (χ4v) is 1.13. The summed E-state index contributed by atoms with van der Waals surface area (Å²) in [5.41, 5.74) is 0. The normalized spacial score (nSPS) is 10.4. The summed E-state index contributed by atoms with van der Waals surface area (Å²) in [6, 6.07) is 0. The highest BCUT2D eigenvalue weighted by Gasteiger charge is 2.05. The average molecular weight is 226 g/mol. The van der Waals surface area contributed by atoms with Crippen LogP contribution in [-0.4, -0.2) is 24.1 Å². The van der Waals surface area contributed by atoms with Crippen LogP contribution in [0.1, 0.15) is 31.9 Å². The molecule has 1 amide bonds. The van der Waals surface area contributed by atoms with Gasteiger partial charge in [0.1, 0.15) is 12.4 Å². The molecule has 16 heavy (non-hydrogen) atoms. The highest BCUT2D eigenvalue weighted by molar-refractivity contribution is 5.76. The molecule has 90 valence electrons. The van der Waals surface area contributed by atoms with Crippen molar-refractivity contribution in [2.24, 2.45) is 0 Å². The maximum absolute atomic E-state index is 11.3. The average Bonchev–Trinajstić information content (AvgIpc) is 2.74. The van der Waals surface area contributed by atoms with E-state index in [4.69, 9.17) is 9.15 Å². The molecule has 0 atom stereocenters. The Morgan fingerprint density at radius 2 is 2.38 bits per heavy atom. The molecule has 0 saturated carbocycles. The van der Waals surface area contributed by atoms with Crippen molar-refractivity contribution in [1.29, 1.82) is 0 Å². The van der Waals surface area contributed by atoms with Gasteiger partial charge in [-0.25, -0.2) is 4.98 Å². The summed E-state index contributed by atoms with van der Waals surface area (Å²) in [6.07, 6.45) is 3.39. The Labute approximate surface area is 95.2 Å². The van der Waals surface area contributed by atoms with Crippen LogP contribution in [0.2, 0.25) is 0 Å². The molecule has 0 saturated heterocycles. The fraction of sp³-hybridized carbons (Fsp3) is 0.636. The van der Waals surface area contributed by atoms with Crippen molar-refractivity contribution >= 4 is 5.91 Å². The van der Waals surface area contributed by atoms with Gasteiger partial charge in [-0.05, 0) is 6.42 Å². The third-order valence-electron chi connectivity index (χ3n) is 1.97. The van der Waals surface area contributed by atoms with Crippen molar-refractivity contribution in [3.05, 3.63) is 17.8 Å². The summed E-state index contributed by atoms with van der Waals surface area (Å²) in [7, 11) is 0. The number of amides is 1. The van der Waals surface area contributed by atoms with E-state index in [2.05, 4.69) is 10.3 Å². The first kappa shape index (κ1) is 12.7. The molecule has 1 rings (SSSR count). The second kappa shape index (κ2) is 7.00. The molecule has 0 bridgehead atoms. The Balaban J connectivity index is 2.20. The molecule has 0 radical (unpaired) electrons. The van der Waals surface area contributed by atoms with E-state index >= 15 is 0 Å². The third kappa shape index (κ3) is 4.44. The zero-order chi connectivity index (χ0) is 11.8. The van der Waals surface area contributed by atoms with Crippen LogP contribution in [0.25, 0.3) is 0 Å². The molecule has 0 aliphatic carbocycles. The lowest BCUT2D eigenvalue weighted by Crippen LogP contribution is -2.27. The Hall–Kier alpha value is -1.36. The number of carbonyl (C=O) groups is 1. The Morgan fingerprint density at radius 3 is 3.00 bits per heavy atom. The van der Waals surface area contributed by atoms with Crippen LogP contribution in [0.3, 0.4) is 0 Å². The van der Waals surface area contributed by atoms with Crippen molar-refractivity contribution < 1.29 is 13.9 Å². The van der Waals surface area contributed by atoms with Gasteiger partial charge in [-0.2, -0.15) is 0 Å². The number of ether oxygens (including phenoxy) is 1. The molecule has 0 aliphatic rings. The van der Waals surface area contributed by atoms with Crippen molar-refractivity contribution in [3.8, 4) is 0 Å². The Bertz CT molecular complexity index is 323. The summed E-state index contributed by atoms with van der Waals surface area (Å²) in [5.74, 6) is 1.21. The van der Waals surface area contributed by atoms with Gasteiger partial charge in [-0.1, -0.05) is 13.8 Å². The van der Waals surface area contributed by atoms with Crippen molar-refractivity contribution in [2.75, 3.05) is 13.2 Å². The first-order valence-electron chi connectivity index (χ1n) is 5.54. The van der Waals surface area contributed by atoms with Gasteiger partial charge in [0.25, 0.3) is 0 Å². The quantitative estimate of drug-likeness (QED) is 0.711. The van der Waals surface area contributed by atoms with Gasteiger partial charge in [0, 0.05) is 13.0 Å². The number of aromatic nitrogens is 1. The van der Waals surface area contributed by atoms with Crippen LogP contribution in [0.4, 0.5) is 0 Å². The van der Waals surface area contributed by atoms with Gasteiger partial charge in [0.05, 0.1) is 12.7 Å². The van der Waals surface area contributed by atoms with E-state index in [0.29, 0.717) is 19.0 Å². The number of hydrogen-bond donors (Lipinski definition) is 1. The summed E-state index contributed by atoms with van der Waals surface area (Å²) >= 11 is 0. The van der Waals surface area contributed by atoms with Crippen LogP contribution in [0.5, 0.6) is 0 Å². The standard InChI is InChI=1S/C11H18N2O3/c1-3-5-15-8-10(14)12-7-11-13-6-9(4-2)16-11/h6H,3-5,7-8H2,1-2H3,(H,12,14). The first-order chi connectivity index (χ1) is 7.76. The van der Waals surface area contributed by atoms with Crippen LogP contribution < -0.4 is 5.32 Å². The molecule has 1 aromatic heterocycles. The molecule has 5 nitrogen and oxygen atoms in total. The van der Waals surface area contributed by atoms with Crippen molar-refractivity contribution in [2.45, 2.75) is 33.2 Å². The van der Waals surface area contributed by atoms with Gasteiger partial charge >= 0.3 is 0 Å². The lowest BCUT2D eigenvalue weighted by Gasteiger charge is -2.03. The maximum atomic E-state index is 11.3. The number of nitrogens with zero attached hydrogens (tertiary/aromatic N) is 1. The number of rotatable bonds is 7. The summed E-state index contributed by atoms with van der Waals surface area (Å²) in [5, 5.41) is 2.68. The molecule has 5 heteroatoms. The molecular formula is C11H18N2O3. The maximum Gasteiger partial charge on any atom is 0.246 e. The highest BCUT2D eigenvalue weighted by Crippen LogP contribution is 2.03. The lowest BCUT2D eigenvalue weighted by molar-refractivity contribution is -0.125. The lowest BCUT2D eigenvalue weighted by atomic mass is 10.4. The van der Waals surface area contributed by atoms with Crippen LogP contribution in [-0.2, 0) is 22.5 Å². The van der Waals surface area contributed by atoms with Gasteiger partial charge in [-0.15, -0.1) is 0 Å². The van der Waals surface area contributed by atoms with E-state index < -0.39 is 0 Å². The third-order valence-corrected chi connectivity index (χ3v) is 1.97. The van der Waals surface area contributed by atoms with Crippen LogP contribution in [0, 0.1) is 0 Å². The molecule has 0 aromatic carbocycles. The second-order valence-corrected chi connectivity index (χ2v) is 3.40. The predicted octanol–water partition coefficient (Wildman–Crippen LogP) is 1.28. The Morgan fingerprint density at radius 1 is 1.56 bits per heavy atom. The van der Waals surface area contributed by atoms with E-state index in [1.54, 1.807) is 6.20 Å². The first-order valence-corrected chi connectivity index (χ1v) is 5.54. The topological polar surface area (TPSA) is 64.4 Å². The van der Waals surface area contributed by atoms with Crippen molar-refractivity contribution in [3.63, 3.8) is 0 Å². The number of aryl methyl sites for hydroxylation is 1. The van der Waals surface area contributed by atoms with Crippen LogP contribution >= 0.6 is 0 Å². The largest absolute Gasteiger partial charge is 0.444 e. The molecule has 0 aliphatic heterocycles. The van der Waals surface area contributed by atoms with E-state index in [9.17, 15) is 4.79 Å². The number of hydrogen-bond acceptors (Lipinski definition) is 4. The molecule has 0 spiro atoms. The number of oxazole rings is 1. The minimum absolute atomic E-state index is 0.0924. The number of nitrogens with one attached hydrogen (secondary N) is 1. The molecular weight excluding hydrogens is 208 g/mol. The van der Waals surface area contributed by atoms with Gasteiger partial charge in [-0.3, -0.25) is 4.79 Å². The minimum Gasteiger partial charge on any atom is -0.444 e. The molecule has 0 unspecified atom stereocenters. The minimum atomic E-state index is -0.148. The van der Waals surface area contributed by atoms with Gasteiger partial charge in [0.15, 0.2) is 0 Å². The molecule has 0 fully saturated rings. The van der Waals surface area contributed by atoms with Gasteiger partial charge < -0.3 is 14.5 Å². The number of carbonyl (C=O) groups excluding carboxylic acids is 1. The molecule has 1 heterocycles. The SMILES string of the molecule is CCCOCC(=O)NCc1ncc(CC)o1. The van der Waals surface area contributed by atoms with Crippen LogP contribution in [0.15, 0.2) is 10.6 Å². The Kier molecular flexibility index (Phi) is 5.56. The zero-order valence-corrected chi connectivity index (χ0v) is 9.78. The zero-order valence-electron chi connectivity index (χ0n) is 9.78. The van der Waals surface area contributed by atoms with E-state index in [-0.39, 0.29) is 12.5 Å². The molecule has 1 N–H and O–H groups in total. The van der Waals surface area contributed by atoms with E-state index in [0.717, 1.165) is 18.6 Å². The summed E-state index contributed by atoms with van der Waals surface area (Å²) in [6.45, 7) is 4.99. The molecule has 1 aromatic rings. The highest BCUT2D eigenvalue weighted by atomic mass is 16.5. The smallest absolute Gasteiger partial charge is 0.246 e.